The first-order chi connectivity index (χ1) is 11.5. The van der Waals surface area contributed by atoms with Crippen LogP contribution in [0.4, 0.5) is 0 Å². The van der Waals surface area contributed by atoms with Crippen molar-refractivity contribution in [1.29, 1.82) is 0 Å². The standard InChI is InChI=1S/C16H17BrN4O2S/c1-10-9-18-16(19-10)14-15(24(22,23)21-6-2-3-7-21)12-8-11(17)4-5-13(12)20-14/h4-5,8-9,20H,2-3,6-7H2,1H3,(H,18,19). The van der Waals surface area contributed by atoms with Crippen molar-refractivity contribution in [2.45, 2.75) is 24.7 Å². The smallest absolute Gasteiger partial charge is 0.245 e. The summed E-state index contributed by atoms with van der Waals surface area (Å²) in [7, 11) is -3.59. The van der Waals surface area contributed by atoms with E-state index in [1.54, 1.807) is 10.5 Å². The predicted molar refractivity (Wildman–Crippen MR) is 96.3 cm³/mol. The van der Waals surface area contributed by atoms with Crippen molar-refractivity contribution in [2.24, 2.45) is 0 Å². The number of sulfonamides is 1. The summed E-state index contributed by atoms with van der Waals surface area (Å²) in [5.74, 6) is 0.539. The fraction of sp³-hybridized carbons (Fsp3) is 0.312. The summed E-state index contributed by atoms with van der Waals surface area (Å²) in [5.41, 5.74) is 2.11. The Morgan fingerprint density at radius 2 is 2.00 bits per heavy atom. The first-order valence-corrected chi connectivity index (χ1v) is 10.0. The summed E-state index contributed by atoms with van der Waals surface area (Å²) in [6.07, 6.45) is 3.57. The van der Waals surface area contributed by atoms with E-state index in [4.69, 9.17) is 0 Å². The van der Waals surface area contributed by atoms with Crippen molar-refractivity contribution in [2.75, 3.05) is 13.1 Å². The second kappa shape index (κ2) is 5.72. The van der Waals surface area contributed by atoms with Crippen LogP contribution in [0.3, 0.4) is 0 Å². The molecule has 0 radical (unpaired) electrons. The van der Waals surface area contributed by atoms with Gasteiger partial charge in [0.1, 0.15) is 10.6 Å². The van der Waals surface area contributed by atoms with Crippen molar-refractivity contribution in [3.05, 3.63) is 34.6 Å². The van der Waals surface area contributed by atoms with Gasteiger partial charge in [-0.05, 0) is 38.0 Å². The van der Waals surface area contributed by atoms with Crippen LogP contribution in [0.15, 0.2) is 33.8 Å². The summed E-state index contributed by atoms with van der Waals surface area (Å²) < 4.78 is 28.9. The molecule has 1 saturated heterocycles. The highest BCUT2D eigenvalue weighted by molar-refractivity contribution is 9.10. The van der Waals surface area contributed by atoms with E-state index in [0.717, 1.165) is 28.5 Å². The largest absolute Gasteiger partial charge is 0.351 e. The second-order valence-corrected chi connectivity index (χ2v) is 8.81. The number of rotatable bonds is 3. The molecule has 0 aliphatic carbocycles. The van der Waals surface area contributed by atoms with E-state index in [2.05, 4.69) is 30.9 Å². The molecule has 4 rings (SSSR count). The number of aryl methyl sites for hydroxylation is 1. The third-order valence-electron chi connectivity index (χ3n) is 4.32. The molecule has 3 heterocycles. The quantitative estimate of drug-likeness (QED) is 0.696. The zero-order valence-corrected chi connectivity index (χ0v) is 15.5. The highest BCUT2D eigenvalue weighted by atomic mass is 79.9. The third-order valence-corrected chi connectivity index (χ3v) is 6.80. The molecule has 1 fully saturated rings. The number of halogens is 1. The molecule has 2 N–H and O–H groups in total. The Morgan fingerprint density at radius 3 is 2.67 bits per heavy atom. The van der Waals surface area contributed by atoms with E-state index in [1.165, 1.54) is 0 Å². The highest BCUT2D eigenvalue weighted by Gasteiger charge is 2.33. The van der Waals surface area contributed by atoms with Crippen LogP contribution in [0.2, 0.25) is 0 Å². The van der Waals surface area contributed by atoms with Gasteiger partial charge in [-0.25, -0.2) is 13.4 Å². The first kappa shape index (κ1) is 15.9. The van der Waals surface area contributed by atoms with Gasteiger partial charge in [0, 0.05) is 34.7 Å². The van der Waals surface area contributed by atoms with E-state index in [9.17, 15) is 8.42 Å². The maximum Gasteiger partial charge on any atom is 0.245 e. The van der Waals surface area contributed by atoms with Gasteiger partial charge in [-0.1, -0.05) is 15.9 Å². The van der Waals surface area contributed by atoms with Gasteiger partial charge in [0.15, 0.2) is 5.82 Å². The fourth-order valence-electron chi connectivity index (χ4n) is 3.17. The Bertz CT molecular complexity index is 1020. The normalized spacial score (nSPS) is 16.2. The Morgan fingerprint density at radius 1 is 1.25 bits per heavy atom. The molecule has 2 aromatic heterocycles. The lowest BCUT2D eigenvalue weighted by molar-refractivity contribution is 0.478. The molecule has 0 saturated carbocycles. The molecular formula is C16H17BrN4O2S. The summed E-state index contributed by atoms with van der Waals surface area (Å²) in [5, 5.41) is 0.681. The number of fused-ring (bicyclic) bond motifs is 1. The van der Waals surface area contributed by atoms with Crippen LogP contribution in [-0.4, -0.2) is 40.8 Å². The minimum Gasteiger partial charge on any atom is -0.351 e. The Labute approximate surface area is 148 Å². The summed E-state index contributed by atoms with van der Waals surface area (Å²) in [4.78, 5) is 11.0. The van der Waals surface area contributed by atoms with Crippen LogP contribution in [0, 0.1) is 6.92 Å². The van der Waals surface area contributed by atoms with E-state index in [-0.39, 0.29) is 0 Å². The van der Waals surface area contributed by atoms with Crippen LogP contribution < -0.4 is 0 Å². The number of nitrogens with zero attached hydrogens (tertiary/aromatic N) is 2. The van der Waals surface area contributed by atoms with E-state index < -0.39 is 10.0 Å². The zero-order chi connectivity index (χ0) is 16.9. The van der Waals surface area contributed by atoms with Gasteiger partial charge in [0.2, 0.25) is 10.0 Å². The van der Waals surface area contributed by atoms with Crippen LogP contribution in [0.25, 0.3) is 22.4 Å². The molecule has 6 nitrogen and oxygen atoms in total. The Balaban J connectivity index is 2.02. The SMILES string of the molecule is Cc1c[nH]c(-c2[nH]c3ccc(Br)cc3c2S(=O)(=O)N2CCCC2)n1. The molecule has 3 aromatic rings. The molecule has 0 unspecified atom stereocenters. The van der Waals surface area contributed by atoms with Gasteiger partial charge >= 0.3 is 0 Å². The van der Waals surface area contributed by atoms with Gasteiger partial charge in [-0.2, -0.15) is 4.31 Å². The lowest BCUT2D eigenvalue weighted by atomic mass is 10.2. The van der Waals surface area contributed by atoms with E-state index >= 15 is 0 Å². The molecule has 1 aromatic carbocycles. The highest BCUT2D eigenvalue weighted by Crippen LogP contribution is 2.36. The zero-order valence-electron chi connectivity index (χ0n) is 13.1. The molecule has 1 aliphatic heterocycles. The second-order valence-electron chi connectivity index (χ2n) is 6.02. The average Bonchev–Trinajstić information content (AvgIpc) is 3.25. The minimum absolute atomic E-state index is 0.301. The maximum absolute atomic E-state index is 13.3. The van der Waals surface area contributed by atoms with Crippen molar-refractivity contribution in [1.82, 2.24) is 19.3 Å². The molecule has 0 spiro atoms. The number of nitrogens with one attached hydrogen (secondary N) is 2. The Hall–Kier alpha value is -1.64. The van der Waals surface area contributed by atoms with Gasteiger partial charge in [0.05, 0.1) is 5.69 Å². The predicted octanol–water partition coefficient (Wildman–Crippen LogP) is 3.41. The monoisotopic (exact) mass is 408 g/mol. The topological polar surface area (TPSA) is 81.8 Å². The maximum atomic E-state index is 13.3. The van der Waals surface area contributed by atoms with Gasteiger partial charge in [-0.3, -0.25) is 0 Å². The molecule has 8 heteroatoms. The minimum atomic E-state index is -3.59. The van der Waals surface area contributed by atoms with Crippen LogP contribution >= 0.6 is 15.9 Å². The van der Waals surface area contributed by atoms with Gasteiger partial charge in [0.25, 0.3) is 0 Å². The Kier molecular flexibility index (Phi) is 3.78. The molecule has 0 atom stereocenters. The van der Waals surface area contributed by atoms with E-state index in [0.29, 0.717) is 34.9 Å². The number of imidazole rings is 1. The van der Waals surface area contributed by atoms with Crippen molar-refractivity contribution in [3.63, 3.8) is 0 Å². The molecule has 0 amide bonds. The average molecular weight is 409 g/mol. The molecular weight excluding hydrogens is 392 g/mol. The van der Waals surface area contributed by atoms with Gasteiger partial charge in [-0.15, -0.1) is 0 Å². The summed E-state index contributed by atoms with van der Waals surface area (Å²) >= 11 is 3.44. The number of aromatic amines is 2. The van der Waals surface area contributed by atoms with Gasteiger partial charge < -0.3 is 9.97 Å². The van der Waals surface area contributed by atoms with Crippen molar-refractivity contribution in [3.8, 4) is 11.5 Å². The lowest BCUT2D eigenvalue weighted by Crippen LogP contribution is -2.28. The summed E-state index contributed by atoms with van der Waals surface area (Å²) in [6.45, 7) is 3.01. The fourth-order valence-corrected chi connectivity index (χ4v) is 5.38. The third kappa shape index (κ3) is 2.49. The van der Waals surface area contributed by atoms with Crippen molar-refractivity contribution < 1.29 is 8.42 Å². The number of hydrogen-bond acceptors (Lipinski definition) is 3. The number of hydrogen-bond donors (Lipinski definition) is 2. The first-order valence-electron chi connectivity index (χ1n) is 7.80. The lowest BCUT2D eigenvalue weighted by Gasteiger charge is -2.16. The van der Waals surface area contributed by atoms with E-state index in [1.807, 2.05) is 25.1 Å². The van der Waals surface area contributed by atoms with Crippen molar-refractivity contribution >= 4 is 36.9 Å². The molecule has 0 bridgehead atoms. The number of benzene rings is 1. The molecule has 1 aliphatic rings. The molecule has 126 valence electrons. The van der Waals surface area contributed by atoms with Crippen LogP contribution in [0.1, 0.15) is 18.5 Å². The summed E-state index contributed by atoms with van der Waals surface area (Å²) in [6, 6.07) is 5.61. The number of H-pyrrole nitrogens is 2. The number of aromatic nitrogens is 3. The molecule has 24 heavy (non-hydrogen) atoms. The van der Waals surface area contributed by atoms with Crippen LogP contribution in [0.5, 0.6) is 0 Å². The van der Waals surface area contributed by atoms with Crippen LogP contribution in [-0.2, 0) is 10.0 Å².